The van der Waals surface area contributed by atoms with Crippen LogP contribution in [0.4, 0.5) is 0 Å². The van der Waals surface area contributed by atoms with Crippen LogP contribution in [0, 0.1) is 12.8 Å². The molecule has 0 aliphatic rings. The Morgan fingerprint density at radius 1 is 1.35 bits per heavy atom. The Balaban J connectivity index is 2.59. The number of carboxylic acids is 1. The minimum atomic E-state index is -0.896. The fraction of sp³-hybridized carbons (Fsp3) is 0.500. The van der Waals surface area contributed by atoms with Gasteiger partial charge in [0.15, 0.2) is 0 Å². The summed E-state index contributed by atoms with van der Waals surface area (Å²) in [5.74, 6) is 0.619. The summed E-state index contributed by atoms with van der Waals surface area (Å²) in [7, 11) is 0. The summed E-state index contributed by atoms with van der Waals surface area (Å²) in [6.45, 7) is 8.57. The summed E-state index contributed by atoms with van der Waals surface area (Å²) in [6.07, 6.45) is 2.21. The molecule has 0 aliphatic carbocycles. The predicted molar refractivity (Wildman–Crippen MR) is 80.2 cm³/mol. The van der Waals surface area contributed by atoms with Crippen LogP contribution in [0.1, 0.15) is 55.8 Å². The van der Waals surface area contributed by atoms with Crippen LogP contribution in [0.5, 0.6) is 0 Å². The second-order valence-corrected chi connectivity index (χ2v) is 5.35. The van der Waals surface area contributed by atoms with E-state index in [0.717, 1.165) is 29.7 Å². The van der Waals surface area contributed by atoms with Crippen LogP contribution < -0.4 is 0 Å². The maximum Gasteiger partial charge on any atom is 0.335 e. The number of aromatic carboxylic acids is 1. The molecule has 0 saturated heterocycles. The van der Waals surface area contributed by atoms with E-state index in [2.05, 4.69) is 30.3 Å². The van der Waals surface area contributed by atoms with Crippen molar-refractivity contribution in [2.45, 2.75) is 46.6 Å². The van der Waals surface area contributed by atoms with Gasteiger partial charge in [0.05, 0.1) is 16.6 Å². The van der Waals surface area contributed by atoms with Crippen molar-refractivity contribution in [1.82, 2.24) is 9.55 Å². The van der Waals surface area contributed by atoms with E-state index in [0.29, 0.717) is 17.5 Å². The quantitative estimate of drug-likeness (QED) is 0.895. The highest BCUT2D eigenvalue weighted by atomic mass is 16.4. The Morgan fingerprint density at radius 3 is 2.55 bits per heavy atom. The van der Waals surface area contributed by atoms with E-state index in [9.17, 15) is 4.79 Å². The van der Waals surface area contributed by atoms with Crippen molar-refractivity contribution in [3.8, 4) is 0 Å². The van der Waals surface area contributed by atoms with Gasteiger partial charge in [-0.15, -0.1) is 0 Å². The molecule has 4 heteroatoms. The van der Waals surface area contributed by atoms with Crippen molar-refractivity contribution in [3.05, 3.63) is 29.6 Å². The van der Waals surface area contributed by atoms with Crippen LogP contribution in [-0.2, 0) is 0 Å². The van der Waals surface area contributed by atoms with Gasteiger partial charge in [-0.2, -0.15) is 0 Å². The summed E-state index contributed by atoms with van der Waals surface area (Å²) in [5.41, 5.74) is 2.10. The molecular formula is C16H22N2O2. The molecule has 1 unspecified atom stereocenters. The van der Waals surface area contributed by atoms with E-state index in [1.807, 2.05) is 6.92 Å². The molecule has 1 atom stereocenters. The molecule has 2 aromatic rings. The molecule has 0 spiro atoms. The molecule has 0 aliphatic heterocycles. The molecule has 1 aromatic heterocycles. The third-order valence-electron chi connectivity index (χ3n) is 4.25. The second-order valence-electron chi connectivity index (χ2n) is 5.35. The largest absolute Gasteiger partial charge is 0.478 e. The molecule has 4 nitrogen and oxygen atoms in total. The van der Waals surface area contributed by atoms with Crippen LogP contribution in [0.25, 0.3) is 11.0 Å². The first-order chi connectivity index (χ1) is 9.49. The second kappa shape index (κ2) is 5.65. The number of rotatable bonds is 5. The third-order valence-corrected chi connectivity index (χ3v) is 4.25. The Bertz CT molecular complexity index is 627. The highest BCUT2D eigenvalue weighted by Gasteiger charge is 2.20. The molecule has 2 rings (SSSR count). The monoisotopic (exact) mass is 274 g/mol. The highest BCUT2D eigenvalue weighted by Crippen LogP contribution is 2.29. The number of hydrogen-bond donors (Lipinski definition) is 1. The minimum Gasteiger partial charge on any atom is -0.478 e. The summed E-state index contributed by atoms with van der Waals surface area (Å²) in [4.78, 5) is 15.7. The van der Waals surface area contributed by atoms with E-state index >= 15 is 0 Å². The van der Waals surface area contributed by atoms with Crippen LogP contribution in [0.15, 0.2) is 18.2 Å². The lowest BCUT2D eigenvalue weighted by molar-refractivity contribution is 0.0697. The number of carboxylic acid groups (broad SMARTS) is 1. The van der Waals surface area contributed by atoms with E-state index in [4.69, 9.17) is 5.11 Å². The number of aromatic nitrogens is 2. The number of hydrogen-bond acceptors (Lipinski definition) is 2. The van der Waals surface area contributed by atoms with Crippen LogP contribution in [-0.4, -0.2) is 20.6 Å². The van der Waals surface area contributed by atoms with Gasteiger partial charge in [-0.1, -0.05) is 26.7 Å². The van der Waals surface area contributed by atoms with Gasteiger partial charge in [0.1, 0.15) is 5.82 Å². The van der Waals surface area contributed by atoms with Gasteiger partial charge in [-0.25, -0.2) is 9.78 Å². The Hall–Kier alpha value is -1.84. The molecule has 20 heavy (non-hydrogen) atoms. The lowest BCUT2D eigenvalue weighted by Gasteiger charge is -2.24. The van der Waals surface area contributed by atoms with Crippen LogP contribution >= 0.6 is 0 Å². The zero-order valence-electron chi connectivity index (χ0n) is 12.6. The maximum atomic E-state index is 11.1. The third kappa shape index (κ3) is 2.42. The standard InChI is InChI=1S/C16H22N2O2/c1-5-12(6-2)10(3)18-11(4)17-14-8-7-13(16(19)20)9-15(14)18/h7-10,12H,5-6H2,1-4H3,(H,19,20). The number of aryl methyl sites for hydroxylation is 1. The molecular weight excluding hydrogens is 252 g/mol. The molecule has 0 amide bonds. The Morgan fingerprint density at radius 2 is 2.00 bits per heavy atom. The topological polar surface area (TPSA) is 55.1 Å². The molecule has 0 fully saturated rings. The first kappa shape index (κ1) is 14.6. The van der Waals surface area contributed by atoms with Crippen molar-refractivity contribution in [2.24, 2.45) is 5.92 Å². The molecule has 1 heterocycles. The normalized spacial score (nSPS) is 13.1. The SMILES string of the molecule is CCC(CC)C(C)n1c(C)nc2ccc(C(=O)O)cc21. The van der Waals surface area contributed by atoms with Gasteiger partial charge in [0.2, 0.25) is 0 Å². The summed E-state index contributed by atoms with van der Waals surface area (Å²) >= 11 is 0. The van der Waals surface area contributed by atoms with Gasteiger partial charge >= 0.3 is 5.97 Å². The number of imidazole rings is 1. The number of fused-ring (bicyclic) bond motifs is 1. The Labute approximate surface area is 119 Å². The molecule has 1 aromatic carbocycles. The van der Waals surface area contributed by atoms with Crippen LogP contribution in [0.2, 0.25) is 0 Å². The number of carbonyl (C=O) groups is 1. The van der Waals surface area contributed by atoms with Gasteiger partial charge < -0.3 is 9.67 Å². The van der Waals surface area contributed by atoms with Crippen LogP contribution in [0.3, 0.4) is 0 Å². The van der Waals surface area contributed by atoms with Crippen molar-refractivity contribution in [2.75, 3.05) is 0 Å². The molecule has 1 N–H and O–H groups in total. The maximum absolute atomic E-state index is 11.1. The predicted octanol–water partition coefficient (Wildman–Crippen LogP) is 4.04. The summed E-state index contributed by atoms with van der Waals surface area (Å²) < 4.78 is 2.18. The van der Waals surface area contributed by atoms with Gasteiger partial charge in [-0.05, 0) is 38.0 Å². The molecule has 0 saturated carbocycles. The highest BCUT2D eigenvalue weighted by molar-refractivity contribution is 5.92. The van der Waals surface area contributed by atoms with Crippen molar-refractivity contribution >= 4 is 17.0 Å². The zero-order valence-corrected chi connectivity index (χ0v) is 12.6. The zero-order chi connectivity index (χ0) is 14.9. The Kier molecular flexibility index (Phi) is 4.12. The average molecular weight is 274 g/mol. The molecule has 0 bridgehead atoms. The van der Waals surface area contributed by atoms with E-state index in [1.165, 1.54) is 0 Å². The summed E-state index contributed by atoms with van der Waals surface area (Å²) in [5, 5.41) is 9.15. The lowest BCUT2D eigenvalue weighted by atomic mass is 9.95. The average Bonchev–Trinajstić information content (AvgIpc) is 2.74. The molecule has 0 radical (unpaired) electrons. The van der Waals surface area contributed by atoms with Gasteiger partial charge in [0, 0.05) is 6.04 Å². The van der Waals surface area contributed by atoms with Gasteiger partial charge in [-0.3, -0.25) is 0 Å². The van der Waals surface area contributed by atoms with Crippen molar-refractivity contribution in [1.29, 1.82) is 0 Å². The van der Waals surface area contributed by atoms with Gasteiger partial charge in [0.25, 0.3) is 0 Å². The van der Waals surface area contributed by atoms with E-state index < -0.39 is 5.97 Å². The first-order valence-electron chi connectivity index (χ1n) is 7.21. The number of benzene rings is 1. The summed E-state index contributed by atoms with van der Waals surface area (Å²) in [6, 6.07) is 5.46. The minimum absolute atomic E-state index is 0.315. The fourth-order valence-electron chi connectivity index (χ4n) is 3.04. The smallest absolute Gasteiger partial charge is 0.335 e. The number of nitrogens with zero attached hydrogens (tertiary/aromatic N) is 2. The van der Waals surface area contributed by atoms with Crippen molar-refractivity contribution < 1.29 is 9.90 Å². The van der Waals surface area contributed by atoms with Crippen molar-refractivity contribution in [3.63, 3.8) is 0 Å². The van der Waals surface area contributed by atoms with E-state index in [-0.39, 0.29) is 0 Å². The molecule has 108 valence electrons. The lowest BCUT2D eigenvalue weighted by Crippen LogP contribution is -2.16. The van der Waals surface area contributed by atoms with E-state index in [1.54, 1.807) is 18.2 Å². The fourth-order valence-corrected chi connectivity index (χ4v) is 3.04. The first-order valence-corrected chi connectivity index (χ1v) is 7.21.